The van der Waals surface area contributed by atoms with Gasteiger partial charge in [-0.25, -0.2) is 9.59 Å². The molecule has 0 radical (unpaired) electrons. The summed E-state index contributed by atoms with van der Waals surface area (Å²) in [5.41, 5.74) is 14.6. The molecule has 0 heterocycles. The van der Waals surface area contributed by atoms with Crippen molar-refractivity contribution in [2.45, 2.75) is 104 Å². The summed E-state index contributed by atoms with van der Waals surface area (Å²) in [5, 5.41) is 0. The fourth-order valence-corrected chi connectivity index (χ4v) is 6.44. The molecule has 1 atom stereocenters. The van der Waals surface area contributed by atoms with E-state index < -0.39 is 5.97 Å². The Bertz CT molecular complexity index is 1270. The van der Waals surface area contributed by atoms with Crippen LogP contribution in [0.15, 0.2) is 60.7 Å². The smallest absolute Gasteiger partial charge is 0.334 e. The van der Waals surface area contributed by atoms with Crippen LogP contribution in [0.3, 0.4) is 0 Å². The second-order valence-corrected chi connectivity index (χ2v) is 12.8. The van der Waals surface area contributed by atoms with E-state index >= 15 is 0 Å². The standard InChI is InChI=1S/C39H55NO4/c1-7-9-10-11-33-16-17-36(22-28(33)5)37-19-18-35(24-32(37)8-2)34-14-12-30(13-15-34)23-31(26-44-38(41)27(3)4)20-21-43-39(42)29(6)25-40/h16-19,22,24,30-31,34H,3,6-15,20-21,23,25-26,40H2,1-2,4-5H3. The summed E-state index contributed by atoms with van der Waals surface area (Å²) in [6.45, 7) is 16.4. The van der Waals surface area contributed by atoms with Gasteiger partial charge >= 0.3 is 11.9 Å². The summed E-state index contributed by atoms with van der Waals surface area (Å²) in [4.78, 5) is 24.1. The Hall–Kier alpha value is -3.18. The number of carbonyl (C=O) groups excluding carboxylic acids is 2. The van der Waals surface area contributed by atoms with Crippen LogP contribution in [0.5, 0.6) is 0 Å². The van der Waals surface area contributed by atoms with E-state index in [1.165, 1.54) is 59.1 Å². The SMILES string of the molecule is C=C(C)C(=O)OCC(CCOC(=O)C(=C)CN)CC1CCC(c2ccc(-c3ccc(CCCCC)c(C)c3)c(CC)c2)CC1. The highest BCUT2D eigenvalue weighted by Gasteiger charge is 2.26. The largest absolute Gasteiger partial charge is 0.462 e. The highest BCUT2D eigenvalue weighted by atomic mass is 16.5. The summed E-state index contributed by atoms with van der Waals surface area (Å²) < 4.78 is 10.9. The normalized spacial score (nSPS) is 17.1. The van der Waals surface area contributed by atoms with Gasteiger partial charge in [-0.05, 0) is 123 Å². The van der Waals surface area contributed by atoms with Crippen molar-refractivity contribution in [3.05, 3.63) is 83.0 Å². The van der Waals surface area contributed by atoms with Crippen molar-refractivity contribution in [3.63, 3.8) is 0 Å². The van der Waals surface area contributed by atoms with Crippen LogP contribution >= 0.6 is 0 Å². The summed E-state index contributed by atoms with van der Waals surface area (Å²) in [6.07, 6.45) is 12.2. The minimum atomic E-state index is -0.460. The Morgan fingerprint density at radius 1 is 0.955 bits per heavy atom. The minimum absolute atomic E-state index is 0.0795. The van der Waals surface area contributed by atoms with E-state index in [2.05, 4.69) is 70.3 Å². The average molecular weight is 602 g/mol. The van der Waals surface area contributed by atoms with Crippen LogP contribution in [0.2, 0.25) is 0 Å². The van der Waals surface area contributed by atoms with E-state index in [1.807, 2.05) is 0 Å². The second kappa shape index (κ2) is 17.9. The van der Waals surface area contributed by atoms with Crippen LogP contribution in [-0.4, -0.2) is 31.7 Å². The van der Waals surface area contributed by atoms with Crippen molar-refractivity contribution in [3.8, 4) is 11.1 Å². The molecule has 2 aromatic carbocycles. The topological polar surface area (TPSA) is 78.6 Å². The first-order chi connectivity index (χ1) is 21.2. The van der Waals surface area contributed by atoms with Gasteiger partial charge in [-0.3, -0.25) is 0 Å². The number of rotatable bonds is 17. The number of hydrogen-bond acceptors (Lipinski definition) is 5. The minimum Gasteiger partial charge on any atom is -0.462 e. The molecule has 240 valence electrons. The van der Waals surface area contributed by atoms with E-state index in [1.54, 1.807) is 6.92 Å². The van der Waals surface area contributed by atoms with Gasteiger partial charge in [-0.2, -0.15) is 0 Å². The Kier molecular flexibility index (Phi) is 14.4. The highest BCUT2D eigenvalue weighted by Crippen LogP contribution is 2.40. The number of aryl methyl sites for hydroxylation is 3. The number of hydrogen-bond donors (Lipinski definition) is 1. The number of unbranched alkanes of at least 4 members (excludes halogenated alkanes) is 2. The maximum atomic E-state index is 12.1. The van der Waals surface area contributed by atoms with Crippen LogP contribution in [0.25, 0.3) is 11.1 Å². The summed E-state index contributed by atoms with van der Waals surface area (Å²) in [6, 6.07) is 14.2. The van der Waals surface area contributed by atoms with E-state index in [0.29, 0.717) is 30.4 Å². The number of ether oxygens (including phenoxy) is 2. The molecule has 0 bridgehead atoms. The summed E-state index contributed by atoms with van der Waals surface area (Å²) in [5.74, 6) is 0.402. The number of benzene rings is 2. The molecule has 0 aromatic heterocycles. The van der Waals surface area contributed by atoms with Gasteiger partial charge in [0.05, 0.1) is 13.2 Å². The van der Waals surface area contributed by atoms with Gasteiger partial charge in [0.1, 0.15) is 0 Å². The van der Waals surface area contributed by atoms with Gasteiger partial charge in [-0.15, -0.1) is 0 Å². The fraction of sp³-hybridized carbons (Fsp3) is 0.538. The molecule has 0 aliphatic heterocycles. The monoisotopic (exact) mass is 601 g/mol. The molecule has 0 spiro atoms. The Labute approximate surface area is 266 Å². The van der Waals surface area contributed by atoms with Crippen molar-refractivity contribution < 1.29 is 19.1 Å². The van der Waals surface area contributed by atoms with Crippen molar-refractivity contribution in [2.75, 3.05) is 19.8 Å². The Morgan fingerprint density at radius 3 is 2.34 bits per heavy atom. The van der Waals surface area contributed by atoms with Gasteiger partial charge in [0.25, 0.3) is 0 Å². The molecule has 0 saturated heterocycles. The molecule has 1 unspecified atom stereocenters. The third-order valence-electron chi connectivity index (χ3n) is 9.29. The molecule has 2 aromatic rings. The first-order valence-electron chi connectivity index (χ1n) is 16.8. The first-order valence-corrected chi connectivity index (χ1v) is 16.8. The molecular formula is C39H55NO4. The average Bonchev–Trinajstić information content (AvgIpc) is 3.03. The molecule has 5 heteroatoms. The molecule has 5 nitrogen and oxygen atoms in total. The van der Waals surface area contributed by atoms with E-state index in [9.17, 15) is 9.59 Å². The van der Waals surface area contributed by atoms with E-state index in [0.717, 1.165) is 38.5 Å². The zero-order valence-electron chi connectivity index (χ0n) is 27.7. The van der Waals surface area contributed by atoms with Gasteiger partial charge in [0.15, 0.2) is 0 Å². The van der Waals surface area contributed by atoms with Crippen LogP contribution in [0.4, 0.5) is 0 Å². The molecule has 1 fully saturated rings. The van der Waals surface area contributed by atoms with E-state index in [4.69, 9.17) is 15.2 Å². The summed E-state index contributed by atoms with van der Waals surface area (Å²) in [7, 11) is 0. The van der Waals surface area contributed by atoms with Crippen molar-refractivity contribution in [2.24, 2.45) is 17.6 Å². The lowest BCUT2D eigenvalue weighted by molar-refractivity contribution is -0.143. The third kappa shape index (κ3) is 10.5. The van der Waals surface area contributed by atoms with Crippen LogP contribution < -0.4 is 5.73 Å². The highest BCUT2D eigenvalue weighted by molar-refractivity contribution is 5.88. The molecular weight excluding hydrogens is 546 g/mol. The zero-order chi connectivity index (χ0) is 32.1. The second-order valence-electron chi connectivity index (χ2n) is 12.8. The van der Waals surface area contributed by atoms with Crippen LogP contribution in [0.1, 0.15) is 107 Å². The predicted molar refractivity (Wildman–Crippen MR) is 182 cm³/mol. The summed E-state index contributed by atoms with van der Waals surface area (Å²) >= 11 is 0. The first kappa shape index (κ1) is 35.3. The molecule has 2 N–H and O–H groups in total. The number of nitrogens with two attached hydrogens (primary N) is 1. The number of esters is 2. The van der Waals surface area contributed by atoms with Gasteiger partial charge in [-0.1, -0.05) is 76.2 Å². The van der Waals surface area contributed by atoms with Crippen LogP contribution in [-0.2, 0) is 31.9 Å². The lowest BCUT2D eigenvalue weighted by Crippen LogP contribution is -2.23. The fourth-order valence-electron chi connectivity index (χ4n) is 6.44. The molecule has 3 rings (SSSR count). The third-order valence-corrected chi connectivity index (χ3v) is 9.29. The Morgan fingerprint density at radius 2 is 1.70 bits per heavy atom. The molecule has 44 heavy (non-hydrogen) atoms. The van der Waals surface area contributed by atoms with Crippen molar-refractivity contribution in [1.29, 1.82) is 0 Å². The van der Waals surface area contributed by atoms with Crippen molar-refractivity contribution >= 4 is 11.9 Å². The zero-order valence-corrected chi connectivity index (χ0v) is 27.7. The van der Waals surface area contributed by atoms with Gasteiger partial charge in [0.2, 0.25) is 0 Å². The quantitative estimate of drug-likeness (QED) is 0.111. The lowest BCUT2D eigenvalue weighted by atomic mass is 9.75. The van der Waals surface area contributed by atoms with Crippen LogP contribution in [0, 0.1) is 18.8 Å². The van der Waals surface area contributed by atoms with Gasteiger partial charge < -0.3 is 15.2 Å². The molecule has 1 saturated carbocycles. The molecule has 1 aliphatic rings. The lowest BCUT2D eigenvalue weighted by Gasteiger charge is -2.31. The van der Waals surface area contributed by atoms with E-state index in [-0.39, 0.29) is 30.6 Å². The number of carbonyl (C=O) groups is 2. The predicted octanol–water partition coefficient (Wildman–Crippen LogP) is 8.80. The van der Waals surface area contributed by atoms with Crippen molar-refractivity contribution in [1.82, 2.24) is 0 Å². The maximum Gasteiger partial charge on any atom is 0.334 e. The molecule has 0 amide bonds. The molecule has 1 aliphatic carbocycles. The maximum absolute atomic E-state index is 12.1. The van der Waals surface area contributed by atoms with Gasteiger partial charge in [0, 0.05) is 17.7 Å². The Balaban J connectivity index is 1.60.